The normalized spacial score (nSPS) is 14.7. The molecule has 1 aliphatic rings. The number of aryl methyl sites for hydroxylation is 1. The molecule has 1 atom stereocenters. The van der Waals surface area contributed by atoms with Crippen molar-refractivity contribution in [2.24, 2.45) is 5.92 Å². The highest BCUT2D eigenvalue weighted by molar-refractivity contribution is 7.97. The molecule has 4 rings (SSSR count). The van der Waals surface area contributed by atoms with Crippen LogP contribution in [0.15, 0.2) is 83.3 Å². The van der Waals surface area contributed by atoms with E-state index >= 15 is 0 Å². The summed E-state index contributed by atoms with van der Waals surface area (Å²) >= 11 is 1.85. The number of alkyl halides is 1. The molecule has 0 saturated carbocycles. The standard InChI is InChI=1S/C30H39N5OS.C5H8F2.C2H6/c1-5-7-22(3)32-29-14-17-31-30(34-29)33-26-9-11-27(12-10-26)37-35-18-15-24(16-19-35)21-25-20-23(6-2)8-13-28(25)36-4;1-3-5(7)4(2)6;1-2/h7-14,17,20,24H,5-6,15-16,18-19,21H2,1-4H3,(H2,31,32,33,34);3-4H,1-2H3;1-2H3/b22-7+;5-3+;. The van der Waals surface area contributed by atoms with Crippen LogP contribution in [0.25, 0.3) is 0 Å². The molecule has 1 aromatic heterocycles. The van der Waals surface area contributed by atoms with E-state index in [0.29, 0.717) is 11.9 Å². The lowest BCUT2D eigenvalue weighted by Gasteiger charge is -2.31. The number of allylic oxidation sites excluding steroid dienone is 4. The van der Waals surface area contributed by atoms with Gasteiger partial charge in [-0.2, -0.15) is 4.98 Å². The molecule has 252 valence electrons. The first-order valence-corrected chi connectivity index (χ1v) is 17.2. The molecule has 9 heteroatoms. The number of piperidine rings is 1. The molecule has 46 heavy (non-hydrogen) atoms. The summed E-state index contributed by atoms with van der Waals surface area (Å²) in [6.45, 7) is 15.2. The van der Waals surface area contributed by atoms with Gasteiger partial charge in [-0.3, -0.25) is 0 Å². The smallest absolute Gasteiger partial charge is 0.229 e. The van der Waals surface area contributed by atoms with Crippen molar-refractivity contribution < 1.29 is 13.5 Å². The van der Waals surface area contributed by atoms with Crippen molar-refractivity contribution in [3.05, 3.63) is 89.5 Å². The highest BCUT2D eigenvalue weighted by atomic mass is 32.2. The number of anilines is 3. The van der Waals surface area contributed by atoms with Gasteiger partial charge >= 0.3 is 0 Å². The number of benzene rings is 2. The Morgan fingerprint density at radius 1 is 1.11 bits per heavy atom. The molecule has 0 aliphatic carbocycles. The Hall–Kier alpha value is -3.43. The fourth-order valence-corrected chi connectivity index (χ4v) is 5.83. The van der Waals surface area contributed by atoms with Crippen molar-refractivity contribution >= 4 is 29.4 Å². The predicted molar refractivity (Wildman–Crippen MR) is 192 cm³/mol. The van der Waals surface area contributed by atoms with Gasteiger partial charge in [-0.15, -0.1) is 0 Å². The van der Waals surface area contributed by atoms with Crippen molar-refractivity contribution in [2.45, 2.75) is 91.6 Å². The molecule has 0 bridgehead atoms. The van der Waals surface area contributed by atoms with Gasteiger partial charge in [-0.05, 0) is 118 Å². The fourth-order valence-electron chi connectivity index (χ4n) is 4.88. The summed E-state index contributed by atoms with van der Waals surface area (Å²) in [6, 6.07) is 17.0. The minimum absolute atomic E-state index is 0.581. The maximum absolute atomic E-state index is 11.7. The Labute approximate surface area is 280 Å². The minimum atomic E-state index is -1.44. The topological polar surface area (TPSA) is 62.3 Å². The number of ether oxygens (including phenoxy) is 1. The highest BCUT2D eigenvalue weighted by Gasteiger charge is 2.21. The van der Waals surface area contributed by atoms with Crippen molar-refractivity contribution in [3.8, 4) is 5.75 Å². The minimum Gasteiger partial charge on any atom is -0.496 e. The van der Waals surface area contributed by atoms with E-state index in [-0.39, 0.29) is 0 Å². The monoisotopic (exact) mass is 653 g/mol. The number of nitrogens with zero attached hydrogens (tertiary/aromatic N) is 3. The molecular weight excluding hydrogens is 601 g/mol. The van der Waals surface area contributed by atoms with E-state index in [1.165, 1.54) is 35.8 Å². The van der Waals surface area contributed by atoms with Gasteiger partial charge < -0.3 is 15.4 Å². The predicted octanol–water partition coefficient (Wildman–Crippen LogP) is 10.7. The average Bonchev–Trinajstić information content (AvgIpc) is 3.07. The van der Waals surface area contributed by atoms with E-state index < -0.39 is 12.0 Å². The third-order valence-corrected chi connectivity index (χ3v) is 8.43. The van der Waals surface area contributed by atoms with Gasteiger partial charge in [0.05, 0.1) is 7.11 Å². The molecule has 2 aromatic carbocycles. The molecule has 1 aliphatic heterocycles. The number of hydrogen-bond acceptors (Lipinski definition) is 7. The summed E-state index contributed by atoms with van der Waals surface area (Å²) in [5.74, 6) is 2.40. The molecule has 0 radical (unpaired) electrons. The van der Waals surface area contributed by atoms with Crippen LogP contribution in [0.3, 0.4) is 0 Å². The Morgan fingerprint density at radius 3 is 2.37 bits per heavy atom. The summed E-state index contributed by atoms with van der Waals surface area (Å²) in [6.07, 6.45) is 9.14. The number of halogens is 2. The van der Waals surface area contributed by atoms with Crippen LogP contribution in [0.1, 0.15) is 78.9 Å². The van der Waals surface area contributed by atoms with Gasteiger partial charge in [0.25, 0.3) is 0 Å². The van der Waals surface area contributed by atoms with Crippen LogP contribution in [-0.2, 0) is 12.8 Å². The lowest BCUT2D eigenvalue weighted by molar-refractivity contribution is 0.288. The average molecular weight is 654 g/mol. The lowest BCUT2D eigenvalue weighted by Crippen LogP contribution is -2.29. The van der Waals surface area contributed by atoms with E-state index in [0.717, 1.165) is 68.3 Å². The number of aromatic nitrogens is 2. The van der Waals surface area contributed by atoms with Crippen LogP contribution in [0, 0.1) is 5.92 Å². The quantitative estimate of drug-likeness (QED) is 0.189. The van der Waals surface area contributed by atoms with Gasteiger partial charge in [-0.1, -0.05) is 52.0 Å². The first-order chi connectivity index (χ1) is 22.2. The molecule has 2 N–H and O–H groups in total. The van der Waals surface area contributed by atoms with Crippen LogP contribution in [0.2, 0.25) is 0 Å². The lowest BCUT2D eigenvalue weighted by atomic mass is 9.90. The van der Waals surface area contributed by atoms with Gasteiger partial charge in [0.2, 0.25) is 5.95 Å². The third-order valence-electron chi connectivity index (χ3n) is 7.33. The Balaban J connectivity index is 0.000000724. The summed E-state index contributed by atoms with van der Waals surface area (Å²) in [5.41, 5.74) is 4.80. The van der Waals surface area contributed by atoms with Gasteiger partial charge in [0.1, 0.15) is 23.6 Å². The van der Waals surface area contributed by atoms with Gasteiger partial charge in [-0.25, -0.2) is 18.1 Å². The van der Waals surface area contributed by atoms with Gasteiger partial charge in [0, 0.05) is 35.6 Å². The second-order valence-corrected chi connectivity index (χ2v) is 12.0. The summed E-state index contributed by atoms with van der Waals surface area (Å²) in [7, 11) is 1.78. The van der Waals surface area contributed by atoms with Crippen molar-refractivity contribution in [2.75, 3.05) is 30.8 Å². The van der Waals surface area contributed by atoms with Gasteiger partial charge in [0.15, 0.2) is 0 Å². The molecular formula is C37H53F2N5OS. The molecule has 1 unspecified atom stereocenters. The molecule has 2 heterocycles. The first kappa shape index (κ1) is 38.8. The maximum atomic E-state index is 11.7. The van der Waals surface area contributed by atoms with Crippen molar-refractivity contribution in [1.82, 2.24) is 14.3 Å². The van der Waals surface area contributed by atoms with Crippen LogP contribution < -0.4 is 15.4 Å². The zero-order valence-electron chi connectivity index (χ0n) is 28.9. The second-order valence-electron chi connectivity index (χ2n) is 10.8. The molecule has 1 fully saturated rings. The summed E-state index contributed by atoms with van der Waals surface area (Å²) in [5, 5.41) is 6.62. The third kappa shape index (κ3) is 13.5. The van der Waals surface area contributed by atoms with Crippen LogP contribution >= 0.6 is 11.9 Å². The van der Waals surface area contributed by atoms with Crippen LogP contribution in [0.5, 0.6) is 5.75 Å². The fraction of sp³-hybridized carbons (Fsp3) is 0.459. The van der Waals surface area contributed by atoms with E-state index in [2.05, 4.69) is 87.3 Å². The zero-order valence-corrected chi connectivity index (χ0v) is 29.7. The number of methoxy groups -OCH3 is 1. The van der Waals surface area contributed by atoms with Crippen molar-refractivity contribution in [1.29, 1.82) is 0 Å². The number of nitrogens with one attached hydrogen (secondary N) is 2. The summed E-state index contributed by atoms with van der Waals surface area (Å²) in [4.78, 5) is 10.2. The summed E-state index contributed by atoms with van der Waals surface area (Å²) < 4.78 is 31.5. The van der Waals surface area contributed by atoms with E-state index in [4.69, 9.17) is 4.74 Å². The number of rotatable bonds is 12. The zero-order chi connectivity index (χ0) is 33.9. The van der Waals surface area contributed by atoms with E-state index in [1.54, 1.807) is 13.3 Å². The number of hydrogen-bond donors (Lipinski definition) is 2. The van der Waals surface area contributed by atoms with E-state index in [1.807, 2.05) is 38.8 Å². The molecule has 3 aromatic rings. The maximum Gasteiger partial charge on any atom is 0.229 e. The second kappa shape index (κ2) is 21.4. The Kier molecular flexibility index (Phi) is 18.0. The van der Waals surface area contributed by atoms with Crippen LogP contribution in [0.4, 0.5) is 26.2 Å². The molecule has 1 saturated heterocycles. The van der Waals surface area contributed by atoms with E-state index in [9.17, 15) is 8.78 Å². The largest absolute Gasteiger partial charge is 0.496 e. The first-order valence-electron chi connectivity index (χ1n) is 16.4. The Morgan fingerprint density at radius 2 is 1.80 bits per heavy atom. The molecule has 0 spiro atoms. The molecule has 6 nitrogen and oxygen atoms in total. The SMILES string of the molecule is C/C=C(/F)C(C)F.CC.CC/C=C(\C)Nc1ccnc(Nc2ccc(SN3CCC(Cc4cc(CC)ccc4OC)CC3)cc2)n1. The highest BCUT2D eigenvalue weighted by Crippen LogP contribution is 2.32. The molecule has 0 amide bonds. The Bertz CT molecular complexity index is 1360. The van der Waals surface area contributed by atoms with Crippen LogP contribution in [-0.4, -0.2) is 40.6 Å². The van der Waals surface area contributed by atoms with Crippen molar-refractivity contribution in [3.63, 3.8) is 0 Å².